The number of amides is 4. The van der Waals surface area contributed by atoms with Crippen LogP contribution in [-0.4, -0.2) is 29.2 Å². The molecule has 4 amide bonds. The molecule has 0 saturated carbocycles. The number of aryl methyl sites for hydroxylation is 1. The van der Waals surface area contributed by atoms with Crippen LogP contribution in [0.5, 0.6) is 11.5 Å². The molecule has 2 aliphatic heterocycles. The Labute approximate surface area is 187 Å². The Kier molecular flexibility index (Phi) is 4.71. The average molecular weight is 450 g/mol. The van der Waals surface area contributed by atoms with Crippen LogP contribution in [0.4, 0.5) is 10.5 Å². The van der Waals surface area contributed by atoms with Crippen molar-refractivity contribution < 1.29 is 23.9 Å². The lowest BCUT2D eigenvalue weighted by atomic mass is 10.1. The first kappa shape index (κ1) is 19.9. The van der Waals surface area contributed by atoms with Gasteiger partial charge in [-0.2, -0.15) is 0 Å². The van der Waals surface area contributed by atoms with E-state index in [0.29, 0.717) is 22.2 Å². The monoisotopic (exact) mass is 449 g/mol. The van der Waals surface area contributed by atoms with E-state index in [0.717, 1.165) is 16.2 Å². The average Bonchev–Trinajstić information content (AvgIpc) is 3.42. The summed E-state index contributed by atoms with van der Waals surface area (Å²) in [6.45, 7) is 1.96. The summed E-state index contributed by atoms with van der Waals surface area (Å²) in [5.74, 6) is -0.588. The Morgan fingerprint density at radius 2 is 1.78 bits per heavy atom. The van der Waals surface area contributed by atoms with E-state index >= 15 is 0 Å². The lowest BCUT2D eigenvalue weighted by molar-refractivity contribution is -0.122. The Balaban J connectivity index is 1.53. The molecule has 8 nitrogen and oxygen atoms in total. The van der Waals surface area contributed by atoms with Crippen LogP contribution < -0.4 is 19.7 Å². The number of fused-ring (bicyclic) bond motifs is 1. The van der Waals surface area contributed by atoms with E-state index in [4.69, 9.17) is 21.1 Å². The molecule has 0 unspecified atom stereocenters. The third-order valence-corrected chi connectivity index (χ3v) is 5.63. The number of nitrogens with zero attached hydrogens (tertiary/aromatic N) is 2. The van der Waals surface area contributed by atoms with Crippen LogP contribution >= 0.6 is 11.6 Å². The first-order valence-corrected chi connectivity index (χ1v) is 10.0. The zero-order chi connectivity index (χ0) is 22.4. The van der Waals surface area contributed by atoms with Gasteiger partial charge in [0.1, 0.15) is 5.57 Å². The maximum atomic E-state index is 13.2. The molecular formula is C23H16ClN3O5. The normalized spacial score (nSPS) is 16.6. The van der Waals surface area contributed by atoms with Gasteiger partial charge in [-0.1, -0.05) is 17.7 Å². The maximum Gasteiger partial charge on any atom is 0.335 e. The number of nitrogens with one attached hydrogen (secondary N) is 1. The number of barbiturate groups is 1. The van der Waals surface area contributed by atoms with Gasteiger partial charge in [0.05, 0.1) is 5.69 Å². The second-order valence-electron chi connectivity index (χ2n) is 7.23. The van der Waals surface area contributed by atoms with Gasteiger partial charge < -0.3 is 14.0 Å². The van der Waals surface area contributed by atoms with Gasteiger partial charge in [-0.25, -0.2) is 9.69 Å². The van der Waals surface area contributed by atoms with E-state index in [9.17, 15) is 14.4 Å². The summed E-state index contributed by atoms with van der Waals surface area (Å²) in [6.07, 6.45) is 3.23. The molecule has 32 heavy (non-hydrogen) atoms. The fourth-order valence-electron chi connectivity index (χ4n) is 3.54. The molecule has 2 aromatic carbocycles. The fourth-order valence-corrected chi connectivity index (χ4v) is 3.72. The van der Waals surface area contributed by atoms with E-state index in [1.165, 1.54) is 12.1 Å². The smallest absolute Gasteiger partial charge is 0.335 e. The topological polar surface area (TPSA) is 89.9 Å². The second kappa shape index (κ2) is 7.58. The van der Waals surface area contributed by atoms with Gasteiger partial charge in [0.15, 0.2) is 11.5 Å². The maximum absolute atomic E-state index is 13.2. The van der Waals surface area contributed by atoms with Crippen LogP contribution in [0, 0.1) is 6.92 Å². The minimum atomic E-state index is -0.836. The first-order chi connectivity index (χ1) is 15.4. The third-order valence-electron chi connectivity index (χ3n) is 5.22. The van der Waals surface area contributed by atoms with Crippen molar-refractivity contribution in [2.24, 2.45) is 0 Å². The Hall–Kier alpha value is -4.04. The molecule has 0 aliphatic carbocycles. The molecule has 160 valence electrons. The second-order valence-corrected chi connectivity index (χ2v) is 7.64. The largest absolute Gasteiger partial charge is 0.454 e. The van der Waals surface area contributed by atoms with E-state index in [-0.39, 0.29) is 18.1 Å². The van der Waals surface area contributed by atoms with Crippen molar-refractivity contribution in [1.82, 2.24) is 9.88 Å². The lowest BCUT2D eigenvalue weighted by Gasteiger charge is -2.26. The number of hydrogen-bond acceptors (Lipinski definition) is 5. The molecule has 0 radical (unpaired) electrons. The number of carbonyl (C=O) groups excluding carboxylic acids is 3. The van der Waals surface area contributed by atoms with E-state index in [2.05, 4.69) is 5.32 Å². The quantitative estimate of drug-likeness (QED) is 0.484. The van der Waals surface area contributed by atoms with Crippen LogP contribution in [0.15, 0.2) is 60.3 Å². The molecule has 9 heteroatoms. The molecule has 1 fully saturated rings. The van der Waals surface area contributed by atoms with Gasteiger partial charge >= 0.3 is 6.03 Å². The molecule has 5 rings (SSSR count). The minimum absolute atomic E-state index is 0.0581. The van der Waals surface area contributed by atoms with E-state index < -0.39 is 17.8 Å². The summed E-state index contributed by atoms with van der Waals surface area (Å²) < 4.78 is 12.4. The van der Waals surface area contributed by atoms with Gasteiger partial charge in [-0.15, -0.1) is 0 Å². The van der Waals surface area contributed by atoms with Gasteiger partial charge in [0, 0.05) is 28.7 Å². The molecule has 0 bridgehead atoms. The number of halogens is 1. The number of ether oxygens (including phenoxy) is 2. The van der Waals surface area contributed by atoms with E-state index in [1.807, 2.05) is 19.1 Å². The highest BCUT2D eigenvalue weighted by Crippen LogP contribution is 2.36. The number of aromatic nitrogens is 1. The molecule has 1 saturated heterocycles. The van der Waals surface area contributed by atoms with Crippen LogP contribution in [0.1, 0.15) is 11.3 Å². The molecule has 3 aromatic rings. The summed E-state index contributed by atoms with van der Waals surface area (Å²) in [5, 5.41) is 2.82. The van der Waals surface area contributed by atoms with Gasteiger partial charge in [0.2, 0.25) is 6.79 Å². The number of benzene rings is 2. The minimum Gasteiger partial charge on any atom is -0.454 e. The highest BCUT2D eigenvalue weighted by atomic mass is 35.5. The summed E-state index contributed by atoms with van der Waals surface area (Å²) in [7, 11) is 0. The van der Waals surface area contributed by atoms with Crippen molar-refractivity contribution in [2.45, 2.75) is 6.92 Å². The van der Waals surface area contributed by atoms with Crippen LogP contribution in [0.2, 0.25) is 5.02 Å². The first-order valence-electron chi connectivity index (χ1n) is 9.67. The summed E-state index contributed by atoms with van der Waals surface area (Å²) >= 11 is 6.25. The van der Waals surface area contributed by atoms with Crippen molar-refractivity contribution in [1.29, 1.82) is 0 Å². The Morgan fingerprint density at radius 3 is 2.59 bits per heavy atom. The zero-order valence-electron chi connectivity index (χ0n) is 16.8. The number of anilines is 1. The van der Waals surface area contributed by atoms with Gasteiger partial charge in [0.25, 0.3) is 11.8 Å². The predicted octanol–water partition coefficient (Wildman–Crippen LogP) is 3.83. The molecule has 1 aromatic heterocycles. The predicted molar refractivity (Wildman–Crippen MR) is 117 cm³/mol. The third kappa shape index (κ3) is 3.30. The Morgan fingerprint density at radius 1 is 1.00 bits per heavy atom. The summed E-state index contributed by atoms with van der Waals surface area (Å²) in [5.41, 5.74) is 2.35. The number of carbonyl (C=O) groups is 3. The van der Waals surface area contributed by atoms with Gasteiger partial charge in [-0.05, 0) is 55.0 Å². The SMILES string of the molecule is Cc1ccc(-n2cccc2/C=C2\C(=O)NC(=O)N(c3ccc4c(c3)OCO4)C2=O)cc1Cl. The van der Waals surface area contributed by atoms with Crippen LogP contribution in [0.25, 0.3) is 11.8 Å². The van der Waals surface area contributed by atoms with Crippen molar-refractivity contribution in [2.75, 3.05) is 11.7 Å². The summed E-state index contributed by atoms with van der Waals surface area (Å²) in [6, 6.07) is 12.9. The van der Waals surface area contributed by atoms with Crippen molar-refractivity contribution in [3.05, 3.63) is 76.6 Å². The van der Waals surface area contributed by atoms with Crippen LogP contribution in [-0.2, 0) is 9.59 Å². The lowest BCUT2D eigenvalue weighted by Crippen LogP contribution is -2.54. The van der Waals surface area contributed by atoms with Crippen molar-refractivity contribution in [3.63, 3.8) is 0 Å². The highest BCUT2D eigenvalue weighted by Gasteiger charge is 2.37. The number of urea groups is 1. The van der Waals surface area contributed by atoms with Crippen molar-refractivity contribution >= 4 is 41.2 Å². The zero-order valence-corrected chi connectivity index (χ0v) is 17.6. The summed E-state index contributed by atoms with van der Waals surface area (Å²) in [4.78, 5) is 39.1. The molecular weight excluding hydrogens is 434 g/mol. The molecule has 1 N–H and O–H groups in total. The molecule has 0 atom stereocenters. The molecule has 0 spiro atoms. The number of rotatable bonds is 3. The molecule has 2 aliphatic rings. The van der Waals surface area contributed by atoms with E-state index in [1.54, 1.807) is 41.1 Å². The number of hydrogen-bond donors (Lipinski definition) is 1. The van der Waals surface area contributed by atoms with Crippen LogP contribution in [0.3, 0.4) is 0 Å². The van der Waals surface area contributed by atoms with Gasteiger partial charge in [-0.3, -0.25) is 14.9 Å². The standard InChI is InChI=1S/C23H16ClN3O5/c1-13-4-5-15(10-18(13)24)26-8-2-3-14(26)9-17-21(28)25-23(30)27(22(17)29)16-6-7-19-20(11-16)32-12-31-19/h2-11H,12H2,1H3,(H,25,28,30)/b17-9+. The van der Waals surface area contributed by atoms with Crippen molar-refractivity contribution in [3.8, 4) is 17.2 Å². The fraction of sp³-hybridized carbons (Fsp3) is 0.0870. The highest BCUT2D eigenvalue weighted by molar-refractivity contribution is 6.39. The molecule has 3 heterocycles. The Bertz CT molecular complexity index is 1330. The number of imide groups is 2.